The molecule has 0 aliphatic rings. The van der Waals surface area contributed by atoms with Crippen molar-refractivity contribution >= 4 is 29.3 Å². The van der Waals surface area contributed by atoms with E-state index in [0.29, 0.717) is 22.9 Å². The maximum absolute atomic E-state index is 13.2. The van der Waals surface area contributed by atoms with Crippen molar-refractivity contribution in [3.05, 3.63) is 89.0 Å². The van der Waals surface area contributed by atoms with Gasteiger partial charge in [-0.05, 0) is 55.3 Å². The fourth-order valence-corrected chi connectivity index (χ4v) is 3.25. The van der Waals surface area contributed by atoms with E-state index in [2.05, 4.69) is 10.6 Å². The Morgan fingerprint density at radius 2 is 1.25 bits per heavy atom. The molecule has 0 fully saturated rings. The van der Waals surface area contributed by atoms with Crippen LogP contribution in [0, 0.1) is 13.8 Å². The van der Waals surface area contributed by atoms with E-state index in [9.17, 15) is 9.59 Å². The number of rotatable bonds is 7. The van der Waals surface area contributed by atoms with E-state index in [1.165, 1.54) is 14.2 Å². The average molecular weight is 431 g/mol. The lowest BCUT2D eigenvalue weighted by Gasteiger charge is -2.14. The largest absolute Gasteiger partial charge is 0.495 e. The summed E-state index contributed by atoms with van der Waals surface area (Å²) in [6.45, 7) is 3.93. The van der Waals surface area contributed by atoms with Crippen molar-refractivity contribution in [2.45, 2.75) is 13.8 Å². The van der Waals surface area contributed by atoms with Crippen molar-refractivity contribution in [3.63, 3.8) is 0 Å². The first-order valence-electron chi connectivity index (χ1n) is 10.1. The second-order valence-electron chi connectivity index (χ2n) is 7.23. The van der Waals surface area contributed by atoms with Gasteiger partial charge in [-0.3, -0.25) is 9.59 Å². The van der Waals surface area contributed by atoms with Crippen LogP contribution in [0.4, 0.5) is 11.4 Å². The van der Waals surface area contributed by atoms with Crippen LogP contribution in [0.5, 0.6) is 11.5 Å². The Morgan fingerprint density at radius 3 is 1.72 bits per heavy atom. The summed E-state index contributed by atoms with van der Waals surface area (Å²) in [6.07, 6.45) is 1.59. The number of carbonyl (C=O) groups excluding carboxylic acids is 2. The summed E-state index contributed by atoms with van der Waals surface area (Å²) in [7, 11) is 3.04. The van der Waals surface area contributed by atoms with Crippen molar-refractivity contribution in [2.24, 2.45) is 0 Å². The molecule has 6 nitrogen and oxygen atoms in total. The van der Waals surface area contributed by atoms with Gasteiger partial charge in [-0.15, -0.1) is 0 Å². The Kier molecular flexibility index (Phi) is 7.29. The maximum atomic E-state index is 13.2. The van der Waals surface area contributed by atoms with Gasteiger partial charge in [-0.25, -0.2) is 0 Å². The molecule has 0 heterocycles. The molecule has 0 spiro atoms. The molecule has 0 bridgehead atoms. The average Bonchev–Trinajstić information content (AvgIpc) is 2.79. The molecule has 3 aromatic rings. The van der Waals surface area contributed by atoms with Gasteiger partial charge in [0.2, 0.25) is 0 Å². The number of carbonyl (C=O) groups is 2. The summed E-state index contributed by atoms with van der Waals surface area (Å²) in [5, 5.41) is 5.57. The molecule has 3 rings (SSSR count). The van der Waals surface area contributed by atoms with E-state index in [1.54, 1.807) is 54.6 Å². The van der Waals surface area contributed by atoms with E-state index in [4.69, 9.17) is 9.47 Å². The highest BCUT2D eigenvalue weighted by atomic mass is 16.5. The van der Waals surface area contributed by atoms with Gasteiger partial charge in [0.1, 0.15) is 17.1 Å². The molecule has 6 heteroatoms. The van der Waals surface area contributed by atoms with Gasteiger partial charge in [0.15, 0.2) is 0 Å². The lowest BCUT2D eigenvalue weighted by molar-refractivity contribution is -0.118. The Balaban J connectivity index is 1.99. The predicted molar refractivity (Wildman–Crippen MR) is 127 cm³/mol. The number of anilines is 2. The minimum atomic E-state index is -0.554. The highest BCUT2D eigenvalue weighted by Gasteiger charge is 2.21. The molecule has 164 valence electrons. The third-order valence-corrected chi connectivity index (χ3v) is 4.92. The van der Waals surface area contributed by atoms with Crippen LogP contribution in [0.1, 0.15) is 16.7 Å². The Bertz CT molecular complexity index is 1100. The molecule has 0 aliphatic carbocycles. The SMILES string of the molecule is COc1ccccc1NC(=O)C(=Cc1ccc(C)cc1C)C(=O)Nc1ccccc1OC. The van der Waals surface area contributed by atoms with Gasteiger partial charge in [-0.2, -0.15) is 0 Å². The summed E-state index contributed by atoms with van der Waals surface area (Å²) in [5.74, 6) is -0.113. The number of nitrogens with one attached hydrogen (secondary N) is 2. The molecule has 0 aliphatic heterocycles. The quantitative estimate of drug-likeness (QED) is 0.315. The van der Waals surface area contributed by atoms with Crippen LogP contribution in [0.25, 0.3) is 6.08 Å². The summed E-state index contributed by atoms with van der Waals surface area (Å²) < 4.78 is 10.6. The van der Waals surface area contributed by atoms with E-state index >= 15 is 0 Å². The third kappa shape index (κ3) is 5.35. The van der Waals surface area contributed by atoms with Crippen molar-refractivity contribution in [1.82, 2.24) is 0 Å². The Morgan fingerprint density at radius 1 is 0.750 bits per heavy atom. The van der Waals surface area contributed by atoms with Crippen LogP contribution in [0.2, 0.25) is 0 Å². The zero-order valence-electron chi connectivity index (χ0n) is 18.6. The van der Waals surface area contributed by atoms with Gasteiger partial charge in [-0.1, -0.05) is 48.0 Å². The van der Waals surface area contributed by atoms with Gasteiger partial charge >= 0.3 is 0 Å². The molecule has 2 amide bonds. The summed E-state index contributed by atoms with van der Waals surface area (Å²) >= 11 is 0. The van der Waals surface area contributed by atoms with Crippen LogP contribution in [0.15, 0.2) is 72.3 Å². The van der Waals surface area contributed by atoms with Crippen molar-refractivity contribution < 1.29 is 19.1 Å². The monoisotopic (exact) mass is 430 g/mol. The minimum absolute atomic E-state index is 0.0474. The number of hydrogen-bond acceptors (Lipinski definition) is 4. The van der Waals surface area contributed by atoms with Crippen molar-refractivity contribution in [2.75, 3.05) is 24.9 Å². The third-order valence-electron chi connectivity index (χ3n) is 4.92. The van der Waals surface area contributed by atoms with Crippen molar-refractivity contribution in [3.8, 4) is 11.5 Å². The van der Waals surface area contributed by atoms with Gasteiger partial charge in [0.05, 0.1) is 25.6 Å². The van der Waals surface area contributed by atoms with Crippen molar-refractivity contribution in [1.29, 1.82) is 0 Å². The first kappa shape index (κ1) is 22.6. The Hall–Kier alpha value is -4.06. The number of amides is 2. The van der Waals surface area contributed by atoms with Crippen LogP contribution >= 0.6 is 0 Å². The molecule has 0 saturated carbocycles. The maximum Gasteiger partial charge on any atom is 0.261 e. The molecule has 3 aromatic carbocycles. The summed E-state index contributed by atoms with van der Waals surface area (Å²) in [6, 6.07) is 19.9. The lowest BCUT2D eigenvalue weighted by Crippen LogP contribution is -2.25. The Labute approximate surface area is 187 Å². The van der Waals surface area contributed by atoms with E-state index in [-0.39, 0.29) is 5.57 Å². The van der Waals surface area contributed by atoms with Crippen LogP contribution in [0.3, 0.4) is 0 Å². The summed E-state index contributed by atoms with van der Waals surface area (Å²) in [4.78, 5) is 26.4. The van der Waals surface area contributed by atoms with E-state index in [1.807, 2.05) is 32.0 Å². The summed E-state index contributed by atoms with van der Waals surface area (Å²) in [5.41, 5.74) is 3.72. The minimum Gasteiger partial charge on any atom is -0.495 e. The first-order valence-corrected chi connectivity index (χ1v) is 10.1. The van der Waals surface area contributed by atoms with Gasteiger partial charge in [0.25, 0.3) is 11.8 Å². The van der Waals surface area contributed by atoms with Crippen LogP contribution < -0.4 is 20.1 Å². The van der Waals surface area contributed by atoms with Crippen LogP contribution in [-0.4, -0.2) is 26.0 Å². The molecule has 0 radical (unpaired) electrons. The fourth-order valence-electron chi connectivity index (χ4n) is 3.25. The number of hydrogen-bond donors (Lipinski definition) is 2. The number of para-hydroxylation sites is 4. The molecular formula is C26H26N2O4. The molecular weight excluding hydrogens is 404 g/mol. The second kappa shape index (κ2) is 10.3. The predicted octanol–water partition coefficient (Wildman–Crippen LogP) is 4.98. The standard InChI is InChI=1S/C26H26N2O4/c1-17-13-14-19(18(2)15-17)16-20(25(29)27-21-9-5-7-11-23(21)31-3)26(30)28-22-10-6-8-12-24(22)32-4/h5-16H,1-4H3,(H,27,29)(H,28,30). The first-order chi connectivity index (χ1) is 15.4. The topological polar surface area (TPSA) is 76.7 Å². The fraction of sp³-hybridized carbons (Fsp3) is 0.154. The highest BCUT2D eigenvalue weighted by molar-refractivity contribution is 6.29. The van der Waals surface area contributed by atoms with Gasteiger partial charge < -0.3 is 20.1 Å². The smallest absolute Gasteiger partial charge is 0.261 e. The van der Waals surface area contributed by atoms with Crippen LogP contribution in [-0.2, 0) is 9.59 Å². The zero-order chi connectivity index (χ0) is 23.1. The lowest BCUT2D eigenvalue weighted by atomic mass is 10.0. The molecule has 0 saturated heterocycles. The normalized spacial score (nSPS) is 10.1. The van der Waals surface area contributed by atoms with E-state index < -0.39 is 11.8 Å². The number of ether oxygens (including phenoxy) is 2. The highest BCUT2D eigenvalue weighted by Crippen LogP contribution is 2.26. The van der Waals surface area contributed by atoms with Gasteiger partial charge in [0, 0.05) is 0 Å². The second-order valence-corrected chi connectivity index (χ2v) is 7.23. The number of aryl methyl sites for hydroxylation is 2. The molecule has 0 unspecified atom stereocenters. The number of benzene rings is 3. The molecule has 0 atom stereocenters. The van der Waals surface area contributed by atoms with E-state index in [0.717, 1.165) is 16.7 Å². The zero-order valence-corrected chi connectivity index (χ0v) is 18.6. The molecule has 32 heavy (non-hydrogen) atoms. The number of methoxy groups -OCH3 is 2. The molecule has 0 aromatic heterocycles. The molecule has 2 N–H and O–H groups in total.